The molecule has 2 unspecified atom stereocenters. The highest BCUT2D eigenvalue weighted by molar-refractivity contribution is 5.05. The van der Waals surface area contributed by atoms with Crippen LogP contribution in [0, 0.1) is 17.8 Å². The fourth-order valence-electron chi connectivity index (χ4n) is 2.14. The van der Waals surface area contributed by atoms with Gasteiger partial charge in [-0.15, -0.1) is 0 Å². The van der Waals surface area contributed by atoms with E-state index in [4.69, 9.17) is 0 Å². The molecule has 0 aromatic heterocycles. The van der Waals surface area contributed by atoms with Crippen LogP contribution in [0.3, 0.4) is 0 Å². The second-order valence-electron chi connectivity index (χ2n) is 5.28. The van der Waals surface area contributed by atoms with Gasteiger partial charge in [-0.3, -0.25) is 0 Å². The summed E-state index contributed by atoms with van der Waals surface area (Å²) in [4.78, 5) is 2.41. The van der Waals surface area contributed by atoms with Crippen LogP contribution in [0.1, 0.15) is 27.2 Å². The zero-order chi connectivity index (χ0) is 10.3. The topological polar surface area (TPSA) is 15.3 Å². The average Bonchev–Trinajstić information content (AvgIpc) is 2.73. The number of fused-ring (bicyclic) bond motifs is 1. The standard InChI is InChI=1S/C12H22N2/c1-8(2)9(3)13-10(4)14-6-11-5-12(11)7-14/h8-9,11-13H,4-7H2,1-3H3/t9-,11?,12?/m1/s1. The van der Waals surface area contributed by atoms with E-state index in [1.807, 2.05) is 0 Å². The lowest BCUT2D eigenvalue weighted by Gasteiger charge is -2.28. The Morgan fingerprint density at radius 2 is 1.86 bits per heavy atom. The van der Waals surface area contributed by atoms with Crippen LogP contribution in [0.4, 0.5) is 0 Å². The molecule has 3 atom stereocenters. The monoisotopic (exact) mass is 194 g/mol. The van der Waals surface area contributed by atoms with E-state index in [9.17, 15) is 0 Å². The van der Waals surface area contributed by atoms with Crippen molar-refractivity contribution in [3.8, 4) is 0 Å². The van der Waals surface area contributed by atoms with Crippen molar-refractivity contribution in [2.24, 2.45) is 17.8 Å². The maximum absolute atomic E-state index is 4.13. The molecule has 1 saturated carbocycles. The number of piperidine rings is 1. The zero-order valence-corrected chi connectivity index (χ0v) is 9.59. The molecule has 14 heavy (non-hydrogen) atoms. The second kappa shape index (κ2) is 3.48. The number of nitrogens with one attached hydrogen (secondary N) is 1. The highest BCUT2D eigenvalue weighted by atomic mass is 15.3. The van der Waals surface area contributed by atoms with Crippen LogP contribution in [-0.2, 0) is 0 Å². The molecule has 1 heterocycles. The van der Waals surface area contributed by atoms with Crippen LogP contribution in [-0.4, -0.2) is 24.0 Å². The number of likely N-dealkylation sites (tertiary alicyclic amines) is 1. The van der Waals surface area contributed by atoms with E-state index in [1.54, 1.807) is 0 Å². The summed E-state index contributed by atoms with van der Waals surface area (Å²) in [6, 6.07) is 0.527. The number of hydrogen-bond donors (Lipinski definition) is 1. The molecule has 1 N–H and O–H groups in total. The maximum Gasteiger partial charge on any atom is 0.0941 e. The van der Waals surface area contributed by atoms with Crippen LogP contribution in [0.2, 0.25) is 0 Å². The second-order valence-corrected chi connectivity index (χ2v) is 5.28. The van der Waals surface area contributed by atoms with E-state index >= 15 is 0 Å². The van der Waals surface area contributed by atoms with Gasteiger partial charge in [0.05, 0.1) is 5.82 Å². The van der Waals surface area contributed by atoms with Crippen LogP contribution >= 0.6 is 0 Å². The predicted molar refractivity (Wildman–Crippen MR) is 59.7 cm³/mol. The molecule has 0 radical (unpaired) electrons. The SMILES string of the molecule is C=C(N[C@H](C)C(C)C)N1CC2CC2C1. The fraction of sp³-hybridized carbons (Fsp3) is 0.833. The Morgan fingerprint density at radius 3 is 2.36 bits per heavy atom. The van der Waals surface area contributed by atoms with E-state index in [-0.39, 0.29) is 0 Å². The third-order valence-corrected chi connectivity index (χ3v) is 3.75. The van der Waals surface area contributed by atoms with Crippen molar-refractivity contribution >= 4 is 0 Å². The van der Waals surface area contributed by atoms with Crippen LogP contribution in [0.25, 0.3) is 0 Å². The maximum atomic E-state index is 4.13. The van der Waals surface area contributed by atoms with Crippen LogP contribution in [0.5, 0.6) is 0 Å². The van der Waals surface area contributed by atoms with E-state index in [0.29, 0.717) is 12.0 Å². The van der Waals surface area contributed by atoms with Gasteiger partial charge < -0.3 is 10.2 Å². The summed E-state index contributed by atoms with van der Waals surface area (Å²) in [5.74, 6) is 3.79. The summed E-state index contributed by atoms with van der Waals surface area (Å²) in [5.41, 5.74) is 0. The Kier molecular flexibility index (Phi) is 2.46. The van der Waals surface area contributed by atoms with Gasteiger partial charge in [0.2, 0.25) is 0 Å². The summed E-state index contributed by atoms with van der Waals surface area (Å²) in [7, 11) is 0. The first-order valence-corrected chi connectivity index (χ1v) is 5.78. The third-order valence-electron chi connectivity index (χ3n) is 3.75. The molecule has 0 bridgehead atoms. The fourth-order valence-corrected chi connectivity index (χ4v) is 2.14. The van der Waals surface area contributed by atoms with Crippen molar-refractivity contribution in [2.75, 3.05) is 13.1 Å². The molecular weight excluding hydrogens is 172 g/mol. The van der Waals surface area contributed by atoms with Gasteiger partial charge in [0.25, 0.3) is 0 Å². The molecule has 0 spiro atoms. The first kappa shape index (κ1) is 9.88. The Bertz CT molecular complexity index is 224. The minimum absolute atomic E-state index is 0.527. The molecule has 0 aromatic carbocycles. The Balaban J connectivity index is 1.78. The van der Waals surface area contributed by atoms with Gasteiger partial charge in [0, 0.05) is 19.1 Å². The van der Waals surface area contributed by atoms with Crippen LogP contribution in [0.15, 0.2) is 12.4 Å². The zero-order valence-electron chi connectivity index (χ0n) is 9.59. The number of rotatable bonds is 4. The molecule has 0 amide bonds. The highest BCUT2D eigenvalue weighted by Crippen LogP contribution is 2.45. The predicted octanol–water partition coefficient (Wildman–Crippen LogP) is 2.04. The molecule has 1 aliphatic heterocycles. The largest absolute Gasteiger partial charge is 0.370 e. The molecule has 1 aliphatic carbocycles. The Labute approximate surface area is 87.4 Å². The first-order valence-electron chi connectivity index (χ1n) is 5.78. The van der Waals surface area contributed by atoms with Crippen molar-refractivity contribution in [3.05, 3.63) is 12.4 Å². The lowest BCUT2D eigenvalue weighted by atomic mass is 10.1. The summed E-state index contributed by atoms with van der Waals surface area (Å²) in [6.45, 7) is 13.3. The summed E-state index contributed by atoms with van der Waals surface area (Å²) in [6.07, 6.45) is 1.46. The van der Waals surface area contributed by atoms with Gasteiger partial charge in [-0.2, -0.15) is 0 Å². The molecule has 1 saturated heterocycles. The van der Waals surface area contributed by atoms with Crippen molar-refractivity contribution in [1.82, 2.24) is 10.2 Å². The van der Waals surface area contributed by atoms with Gasteiger partial charge in [-0.1, -0.05) is 20.4 Å². The Hall–Kier alpha value is -0.660. The molecule has 2 aliphatic rings. The van der Waals surface area contributed by atoms with Crippen LogP contribution < -0.4 is 5.32 Å². The van der Waals surface area contributed by atoms with E-state index in [0.717, 1.165) is 17.7 Å². The minimum Gasteiger partial charge on any atom is -0.370 e. The Morgan fingerprint density at radius 1 is 1.29 bits per heavy atom. The van der Waals surface area contributed by atoms with Crippen molar-refractivity contribution in [3.63, 3.8) is 0 Å². The molecule has 2 rings (SSSR count). The van der Waals surface area contributed by atoms with Gasteiger partial charge in [-0.25, -0.2) is 0 Å². The summed E-state index contributed by atoms with van der Waals surface area (Å²) >= 11 is 0. The number of hydrogen-bond acceptors (Lipinski definition) is 2. The smallest absolute Gasteiger partial charge is 0.0941 e. The van der Waals surface area contributed by atoms with E-state index in [2.05, 4.69) is 37.6 Å². The molecule has 2 heteroatoms. The quantitative estimate of drug-likeness (QED) is 0.737. The summed E-state index contributed by atoms with van der Waals surface area (Å²) in [5, 5.41) is 3.49. The average molecular weight is 194 g/mol. The lowest BCUT2D eigenvalue weighted by Crippen LogP contribution is -2.37. The van der Waals surface area contributed by atoms with Crippen molar-refractivity contribution in [2.45, 2.75) is 33.2 Å². The molecule has 0 aromatic rings. The van der Waals surface area contributed by atoms with Gasteiger partial charge >= 0.3 is 0 Å². The lowest BCUT2D eigenvalue weighted by molar-refractivity contribution is 0.323. The van der Waals surface area contributed by atoms with Gasteiger partial charge in [0.15, 0.2) is 0 Å². The first-order chi connectivity index (χ1) is 6.58. The molecule has 2 nitrogen and oxygen atoms in total. The van der Waals surface area contributed by atoms with Gasteiger partial charge in [-0.05, 0) is 31.1 Å². The summed E-state index contributed by atoms with van der Waals surface area (Å²) < 4.78 is 0. The van der Waals surface area contributed by atoms with E-state index in [1.165, 1.54) is 19.5 Å². The highest BCUT2D eigenvalue weighted by Gasteiger charge is 2.45. The van der Waals surface area contributed by atoms with Gasteiger partial charge in [0.1, 0.15) is 0 Å². The molecular formula is C12H22N2. The van der Waals surface area contributed by atoms with Crippen molar-refractivity contribution in [1.29, 1.82) is 0 Å². The van der Waals surface area contributed by atoms with E-state index < -0.39 is 0 Å². The minimum atomic E-state index is 0.527. The normalized spacial score (nSPS) is 31.6. The third kappa shape index (κ3) is 1.89. The van der Waals surface area contributed by atoms with Crippen molar-refractivity contribution < 1.29 is 0 Å². The molecule has 80 valence electrons. The number of nitrogens with zero attached hydrogens (tertiary/aromatic N) is 1. The molecule has 2 fully saturated rings.